The monoisotopic (exact) mass is 365 g/mol. The van der Waals surface area contributed by atoms with Gasteiger partial charge in [0, 0.05) is 17.6 Å². The van der Waals surface area contributed by atoms with Crippen molar-refractivity contribution in [2.45, 2.75) is 20.0 Å². The molecule has 0 saturated heterocycles. The standard InChI is InChI=1S/C21H20FN3O2/c1-14(2)27-19-9-7-17(8-10-19)24-20-11-6-15(13-23-20)21(26)25-18-5-3-4-16(22)12-18/h3-14H,1-2H3,(H,23,24)(H,25,26). The lowest BCUT2D eigenvalue weighted by Gasteiger charge is -2.11. The second-order valence-electron chi connectivity index (χ2n) is 6.21. The number of anilines is 3. The molecule has 0 spiro atoms. The van der Waals surface area contributed by atoms with Gasteiger partial charge in [0.05, 0.1) is 11.7 Å². The highest BCUT2D eigenvalue weighted by atomic mass is 19.1. The summed E-state index contributed by atoms with van der Waals surface area (Å²) < 4.78 is 18.8. The number of rotatable bonds is 6. The first kappa shape index (κ1) is 18.4. The van der Waals surface area contributed by atoms with E-state index in [4.69, 9.17) is 4.74 Å². The van der Waals surface area contributed by atoms with Crippen LogP contribution in [0.15, 0.2) is 66.9 Å². The molecule has 0 atom stereocenters. The molecule has 3 rings (SSSR count). The van der Waals surface area contributed by atoms with Gasteiger partial charge in [-0.2, -0.15) is 0 Å². The molecule has 27 heavy (non-hydrogen) atoms. The molecule has 1 heterocycles. The summed E-state index contributed by atoms with van der Waals surface area (Å²) in [5.74, 6) is 0.646. The van der Waals surface area contributed by atoms with Crippen LogP contribution in [0.4, 0.5) is 21.6 Å². The molecule has 1 aromatic heterocycles. The third-order valence-electron chi connectivity index (χ3n) is 3.61. The van der Waals surface area contributed by atoms with Crippen LogP contribution in [0, 0.1) is 5.82 Å². The Morgan fingerprint density at radius 2 is 1.81 bits per heavy atom. The maximum Gasteiger partial charge on any atom is 0.257 e. The summed E-state index contributed by atoms with van der Waals surface area (Å²) in [6.07, 6.45) is 1.59. The van der Waals surface area contributed by atoms with Gasteiger partial charge in [-0.1, -0.05) is 6.07 Å². The summed E-state index contributed by atoms with van der Waals surface area (Å²) in [5, 5.41) is 5.80. The molecule has 5 nitrogen and oxygen atoms in total. The lowest BCUT2D eigenvalue weighted by Crippen LogP contribution is -2.12. The van der Waals surface area contributed by atoms with Crippen molar-refractivity contribution in [3.05, 3.63) is 78.2 Å². The van der Waals surface area contributed by atoms with E-state index < -0.39 is 5.82 Å². The summed E-state index contributed by atoms with van der Waals surface area (Å²) in [6.45, 7) is 3.95. The topological polar surface area (TPSA) is 63.2 Å². The second-order valence-corrected chi connectivity index (χ2v) is 6.21. The molecule has 2 N–H and O–H groups in total. The van der Waals surface area contributed by atoms with E-state index in [0.29, 0.717) is 17.1 Å². The summed E-state index contributed by atoms with van der Waals surface area (Å²) >= 11 is 0. The highest BCUT2D eigenvalue weighted by Gasteiger charge is 2.08. The van der Waals surface area contributed by atoms with Crippen molar-refractivity contribution in [2.75, 3.05) is 10.6 Å². The molecule has 0 saturated carbocycles. The molecule has 6 heteroatoms. The molecule has 2 aromatic carbocycles. The van der Waals surface area contributed by atoms with Crippen LogP contribution in [-0.2, 0) is 0 Å². The summed E-state index contributed by atoms with van der Waals surface area (Å²) in [7, 11) is 0. The molecule has 0 aliphatic heterocycles. The number of aromatic nitrogens is 1. The van der Waals surface area contributed by atoms with E-state index in [1.165, 1.54) is 24.4 Å². The highest BCUT2D eigenvalue weighted by molar-refractivity contribution is 6.04. The van der Waals surface area contributed by atoms with Crippen molar-refractivity contribution in [3.63, 3.8) is 0 Å². The summed E-state index contributed by atoms with van der Waals surface area (Å²) in [4.78, 5) is 16.5. The van der Waals surface area contributed by atoms with Gasteiger partial charge in [-0.15, -0.1) is 0 Å². The number of amides is 1. The van der Waals surface area contributed by atoms with Crippen molar-refractivity contribution >= 4 is 23.1 Å². The Bertz CT molecular complexity index is 909. The Morgan fingerprint density at radius 1 is 1.04 bits per heavy atom. The van der Waals surface area contributed by atoms with Gasteiger partial charge < -0.3 is 15.4 Å². The minimum atomic E-state index is -0.407. The van der Waals surface area contributed by atoms with Crippen molar-refractivity contribution < 1.29 is 13.9 Å². The zero-order valence-corrected chi connectivity index (χ0v) is 15.1. The van der Waals surface area contributed by atoms with Crippen LogP contribution in [0.1, 0.15) is 24.2 Å². The van der Waals surface area contributed by atoms with Crippen LogP contribution in [0.2, 0.25) is 0 Å². The number of nitrogens with zero attached hydrogens (tertiary/aromatic N) is 1. The van der Waals surface area contributed by atoms with E-state index in [-0.39, 0.29) is 12.0 Å². The third kappa shape index (κ3) is 5.28. The van der Waals surface area contributed by atoms with Crippen LogP contribution in [0.25, 0.3) is 0 Å². The maximum absolute atomic E-state index is 13.2. The average Bonchev–Trinajstić information content (AvgIpc) is 2.63. The first-order valence-corrected chi connectivity index (χ1v) is 8.56. The van der Waals surface area contributed by atoms with E-state index in [9.17, 15) is 9.18 Å². The summed E-state index contributed by atoms with van der Waals surface area (Å²) in [6, 6.07) is 16.6. The molecule has 0 fully saturated rings. The van der Waals surface area contributed by atoms with Crippen LogP contribution in [0.5, 0.6) is 5.75 Å². The van der Waals surface area contributed by atoms with Crippen molar-refractivity contribution in [1.82, 2.24) is 4.98 Å². The lowest BCUT2D eigenvalue weighted by atomic mass is 10.2. The lowest BCUT2D eigenvalue weighted by molar-refractivity contribution is 0.102. The van der Waals surface area contributed by atoms with Crippen molar-refractivity contribution in [2.24, 2.45) is 0 Å². The molecule has 138 valence electrons. The van der Waals surface area contributed by atoms with Gasteiger partial charge in [0.15, 0.2) is 0 Å². The molecule has 0 radical (unpaired) electrons. The fourth-order valence-corrected chi connectivity index (χ4v) is 2.41. The van der Waals surface area contributed by atoms with Gasteiger partial charge in [-0.3, -0.25) is 4.79 Å². The molecular weight excluding hydrogens is 345 g/mol. The molecule has 0 bridgehead atoms. The number of benzene rings is 2. The predicted octanol–water partition coefficient (Wildman–Crippen LogP) is 5.00. The van der Waals surface area contributed by atoms with E-state index >= 15 is 0 Å². The minimum Gasteiger partial charge on any atom is -0.491 e. The number of hydrogen-bond donors (Lipinski definition) is 2. The molecule has 3 aromatic rings. The molecule has 0 unspecified atom stereocenters. The Balaban J connectivity index is 1.62. The van der Waals surface area contributed by atoms with Crippen molar-refractivity contribution in [3.8, 4) is 5.75 Å². The first-order valence-electron chi connectivity index (χ1n) is 8.56. The van der Waals surface area contributed by atoms with Gasteiger partial charge in [0.25, 0.3) is 5.91 Å². The van der Waals surface area contributed by atoms with Gasteiger partial charge in [-0.05, 0) is 68.4 Å². The van der Waals surface area contributed by atoms with Crippen LogP contribution >= 0.6 is 0 Å². The highest BCUT2D eigenvalue weighted by Crippen LogP contribution is 2.20. The van der Waals surface area contributed by atoms with Gasteiger partial charge in [-0.25, -0.2) is 9.37 Å². The molecule has 1 amide bonds. The Morgan fingerprint density at radius 3 is 2.44 bits per heavy atom. The van der Waals surface area contributed by atoms with Crippen molar-refractivity contribution in [1.29, 1.82) is 0 Å². The van der Waals surface area contributed by atoms with Gasteiger partial charge in [0.2, 0.25) is 0 Å². The molecular formula is C21H20FN3O2. The van der Waals surface area contributed by atoms with E-state index in [2.05, 4.69) is 15.6 Å². The number of ether oxygens (including phenoxy) is 1. The van der Waals surface area contributed by atoms with Crippen LogP contribution in [-0.4, -0.2) is 17.0 Å². The molecule has 0 aliphatic carbocycles. The largest absolute Gasteiger partial charge is 0.491 e. The van der Waals surface area contributed by atoms with E-state index in [1.807, 2.05) is 38.1 Å². The number of carbonyl (C=O) groups is 1. The third-order valence-corrected chi connectivity index (χ3v) is 3.61. The Kier molecular flexibility index (Phi) is 5.66. The van der Waals surface area contributed by atoms with E-state index in [1.54, 1.807) is 18.2 Å². The second kappa shape index (κ2) is 8.31. The minimum absolute atomic E-state index is 0.122. The number of hydrogen-bond acceptors (Lipinski definition) is 4. The maximum atomic E-state index is 13.2. The fraction of sp³-hybridized carbons (Fsp3) is 0.143. The van der Waals surface area contributed by atoms with Gasteiger partial charge >= 0.3 is 0 Å². The fourth-order valence-electron chi connectivity index (χ4n) is 2.41. The Labute approximate surface area is 157 Å². The van der Waals surface area contributed by atoms with Crippen LogP contribution in [0.3, 0.4) is 0 Å². The SMILES string of the molecule is CC(C)Oc1ccc(Nc2ccc(C(=O)Nc3cccc(F)c3)cn2)cc1. The average molecular weight is 365 g/mol. The van der Waals surface area contributed by atoms with Gasteiger partial charge in [0.1, 0.15) is 17.4 Å². The summed E-state index contributed by atoms with van der Waals surface area (Å²) in [5.41, 5.74) is 1.63. The van der Waals surface area contributed by atoms with Crippen LogP contribution < -0.4 is 15.4 Å². The zero-order chi connectivity index (χ0) is 19.2. The predicted molar refractivity (Wildman–Crippen MR) is 104 cm³/mol. The quantitative estimate of drug-likeness (QED) is 0.645. The first-order chi connectivity index (χ1) is 13.0. The number of nitrogens with one attached hydrogen (secondary N) is 2. The molecule has 0 aliphatic rings. The zero-order valence-electron chi connectivity index (χ0n) is 15.1. The number of halogens is 1. The van der Waals surface area contributed by atoms with E-state index in [0.717, 1.165) is 11.4 Å². The number of pyridine rings is 1. The normalized spacial score (nSPS) is 10.5. The smallest absolute Gasteiger partial charge is 0.257 e. The number of carbonyl (C=O) groups excluding carboxylic acids is 1. The Hall–Kier alpha value is -3.41.